The number of benzene rings is 1. The molecule has 2 rings (SSSR count). The highest BCUT2D eigenvalue weighted by atomic mass is 35.5. The summed E-state index contributed by atoms with van der Waals surface area (Å²) in [6.07, 6.45) is 0. The second-order valence-electron chi connectivity index (χ2n) is 3.47. The van der Waals surface area contributed by atoms with E-state index in [4.69, 9.17) is 11.6 Å². The minimum absolute atomic E-state index is 0.169. The van der Waals surface area contributed by atoms with Crippen LogP contribution in [0.3, 0.4) is 0 Å². The minimum atomic E-state index is -0.467. The quantitative estimate of drug-likeness (QED) is 0.875. The Morgan fingerprint density at radius 2 is 2.17 bits per heavy atom. The highest BCUT2D eigenvalue weighted by molar-refractivity contribution is 7.18. The van der Waals surface area contributed by atoms with Gasteiger partial charge in [-0.05, 0) is 5.56 Å². The fraction of sp³-hybridized carbons (Fsp3) is 0.167. The van der Waals surface area contributed by atoms with E-state index >= 15 is 0 Å². The maximum absolute atomic E-state index is 11.4. The molecule has 2 aromatic rings. The van der Waals surface area contributed by atoms with Gasteiger partial charge in [0.2, 0.25) is 0 Å². The van der Waals surface area contributed by atoms with Gasteiger partial charge in [0, 0.05) is 6.54 Å². The number of esters is 1. The van der Waals surface area contributed by atoms with E-state index in [1.807, 2.05) is 30.3 Å². The molecule has 0 aliphatic heterocycles. The van der Waals surface area contributed by atoms with Crippen molar-refractivity contribution in [3.63, 3.8) is 0 Å². The largest absolute Gasteiger partial charge is 0.465 e. The van der Waals surface area contributed by atoms with Crippen molar-refractivity contribution in [2.24, 2.45) is 0 Å². The standard InChI is InChI=1S/C12H11ClN2O2S/c1-17-11(16)9-10(13)15-12(18-9)14-7-8-5-3-2-4-6-8/h2-6H,7H2,1H3,(H,14,15). The summed E-state index contributed by atoms with van der Waals surface area (Å²) >= 11 is 7.04. The van der Waals surface area contributed by atoms with Crippen LogP contribution in [0.25, 0.3) is 0 Å². The summed E-state index contributed by atoms with van der Waals surface area (Å²) in [6, 6.07) is 9.89. The zero-order valence-corrected chi connectivity index (χ0v) is 11.2. The van der Waals surface area contributed by atoms with E-state index in [9.17, 15) is 4.79 Å². The van der Waals surface area contributed by atoms with Crippen LogP contribution in [0, 0.1) is 0 Å². The Morgan fingerprint density at radius 3 is 2.83 bits per heavy atom. The Labute approximate surface area is 114 Å². The van der Waals surface area contributed by atoms with E-state index in [0.29, 0.717) is 16.6 Å². The van der Waals surface area contributed by atoms with E-state index in [1.165, 1.54) is 18.4 Å². The van der Waals surface area contributed by atoms with Crippen LogP contribution in [0.15, 0.2) is 30.3 Å². The number of ether oxygens (including phenoxy) is 1. The fourth-order valence-corrected chi connectivity index (χ4v) is 2.47. The lowest BCUT2D eigenvalue weighted by atomic mass is 10.2. The highest BCUT2D eigenvalue weighted by Gasteiger charge is 2.16. The molecule has 1 heterocycles. The van der Waals surface area contributed by atoms with Gasteiger partial charge in [0.15, 0.2) is 15.2 Å². The lowest BCUT2D eigenvalue weighted by molar-refractivity contribution is 0.0606. The number of methoxy groups -OCH3 is 1. The molecule has 4 nitrogen and oxygen atoms in total. The number of nitrogens with zero attached hydrogens (tertiary/aromatic N) is 1. The molecule has 0 aliphatic rings. The van der Waals surface area contributed by atoms with Crippen molar-refractivity contribution >= 4 is 34.0 Å². The summed E-state index contributed by atoms with van der Waals surface area (Å²) in [5.41, 5.74) is 1.13. The van der Waals surface area contributed by atoms with E-state index in [1.54, 1.807) is 0 Å². The third kappa shape index (κ3) is 3.00. The normalized spacial score (nSPS) is 10.1. The van der Waals surface area contributed by atoms with Crippen molar-refractivity contribution in [3.8, 4) is 0 Å². The summed E-state index contributed by atoms with van der Waals surface area (Å²) in [5, 5.41) is 3.89. The Morgan fingerprint density at radius 1 is 1.44 bits per heavy atom. The van der Waals surface area contributed by atoms with Gasteiger partial charge in [0.25, 0.3) is 0 Å². The number of aromatic nitrogens is 1. The number of hydrogen-bond acceptors (Lipinski definition) is 5. The van der Waals surface area contributed by atoms with Crippen LogP contribution >= 0.6 is 22.9 Å². The van der Waals surface area contributed by atoms with Gasteiger partial charge in [-0.15, -0.1) is 0 Å². The van der Waals surface area contributed by atoms with Gasteiger partial charge in [0.05, 0.1) is 7.11 Å². The lowest BCUT2D eigenvalue weighted by Gasteiger charge is -2.01. The molecule has 1 N–H and O–H groups in total. The van der Waals surface area contributed by atoms with Crippen molar-refractivity contribution in [3.05, 3.63) is 45.9 Å². The first-order chi connectivity index (χ1) is 8.70. The maximum atomic E-state index is 11.4. The number of hydrogen-bond donors (Lipinski definition) is 1. The zero-order chi connectivity index (χ0) is 13.0. The average molecular weight is 283 g/mol. The predicted molar refractivity (Wildman–Crippen MR) is 72.2 cm³/mol. The van der Waals surface area contributed by atoms with Crippen molar-refractivity contribution in [2.75, 3.05) is 12.4 Å². The molecule has 18 heavy (non-hydrogen) atoms. The number of carbonyl (C=O) groups is 1. The van der Waals surface area contributed by atoms with Gasteiger partial charge in [-0.3, -0.25) is 0 Å². The van der Waals surface area contributed by atoms with Crippen molar-refractivity contribution in [1.82, 2.24) is 4.98 Å². The Bertz CT molecular complexity index is 542. The van der Waals surface area contributed by atoms with E-state index in [2.05, 4.69) is 15.0 Å². The lowest BCUT2D eigenvalue weighted by Crippen LogP contribution is -1.98. The van der Waals surface area contributed by atoms with Gasteiger partial charge in [-0.2, -0.15) is 0 Å². The van der Waals surface area contributed by atoms with Crippen LogP contribution in [0.2, 0.25) is 5.15 Å². The van der Waals surface area contributed by atoms with Gasteiger partial charge >= 0.3 is 5.97 Å². The third-order valence-electron chi connectivity index (χ3n) is 2.24. The third-order valence-corrected chi connectivity index (χ3v) is 3.62. The molecule has 0 radical (unpaired) electrons. The molecule has 0 fully saturated rings. The van der Waals surface area contributed by atoms with Gasteiger partial charge in [-0.1, -0.05) is 53.3 Å². The summed E-state index contributed by atoms with van der Waals surface area (Å²) in [7, 11) is 1.31. The molecule has 0 aliphatic carbocycles. The second-order valence-corrected chi connectivity index (χ2v) is 4.83. The molecular weight excluding hydrogens is 272 g/mol. The van der Waals surface area contributed by atoms with Gasteiger partial charge < -0.3 is 10.1 Å². The number of halogens is 1. The van der Waals surface area contributed by atoms with Crippen LogP contribution in [0.1, 0.15) is 15.2 Å². The SMILES string of the molecule is COC(=O)c1sc(NCc2ccccc2)nc1Cl. The van der Waals surface area contributed by atoms with Gasteiger partial charge in [-0.25, -0.2) is 9.78 Å². The molecule has 0 atom stereocenters. The molecule has 94 valence electrons. The van der Waals surface area contributed by atoms with Crippen LogP contribution in [0.4, 0.5) is 5.13 Å². The Balaban J connectivity index is 2.05. The summed E-state index contributed by atoms with van der Waals surface area (Å²) in [4.78, 5) is 15.7. The molecule has 0 amide bonds. The molecule has 0 spiro atoms. The number of carbonyl (C=O) groups excluding carboxylic acids is 1. The smallest absolute Gasteiger partial charge is 0.351 e. The van der Waals surface area contributed by atoms with Crippen LogP contribution in [-0.2, 0) is 11.3 Å². The summed E-state index contributed by atoms with van der Waals surface area (Å²) < 4.78 is 4.61. The first-order valence-electron chi connectivity index (χ1n) is 5.23. The summed E-state index contributed by atoms with van der Waals surface area (Å²) in [5.74, 6) is -0.467. The molecular formula is C12H11ClN2O2S. The van der Waals surface area contributed by atoms with Crippen molar-refractivity contribution in [2.45, 2.75) is 6.54 Å². The average Bonchev–Trinajstić information content (AvgIpc) is 2.78. The molecule has 1 aromatic carbocycles. The first-order valence-corrected chi connectivity index (χ1v) is 6.42. The first kappa shape index (κ1) is 12.9. The Hall–Kier alpha value is -1.59. The molecule has 0 saturated heterocycles. The number of anilines is 1. The number of nitrogens with one attached hydrogen (secondary N) is 1. The number of thiazole rings is 1. The fourth-order valence-electron chi connectivity index (χ4n) is 1.37. The predicted octanol–water partition coefficient (Wildman–Crippen LogP) is 3.20. The van der Waals surface area contributed by atoms with E-state index < -0.39 is 5.97 Å². The van der Waals surface area contributed by atoms with E-state index in [-0.39, 0.29) is 5.15 Å². The summed E-state index contributed by atoms with van der Waals surface area (Å²) in [6.45, 7) is 0.630. The highest BCUT2D eigenvalue weighted by Crippen LogP contribution is 2.27. The van der Waals surface area contributed by atoms with Crippen LogP contribution < -0.4 is 5.32 Å². The maximum Gasteiger partial charge on any atom is 0.351 e. The topological polar surface area (TPSA) is 51.2 Å². The molecule has 0 bridgehead atoms. The van der Waals surface area contributed by atoms with Gasteiger partial charge in [0.1, 0.15) is 0 Å². The second kappa shape index (κ2) is 5.84. The molecule has 6 heteroatoms. The van der Waals surface area contributed by atoms with Crippen LogP contribution in [-0.4, -0.2) is 18.1 Å². The molecule has 1 aromatic heterocycles. The van der Waals surface area contributed by atoms with Crippen LogP contribution in [0.5, 0.6) is 0 Å². The molecule has 0 unspecified atom stereocenters. The Kier molecular flexibility index (Phi) is 4.17. The number of rotatable bonds is 4. The van der Waals surface area contributed by atoms with Crippen molar-refractivity contribution in [1.29, 1.82) is 0 Å². The monoisotopic (exact) mass is 282 g/mol. The van der Waals surface area contributed by atoms with E-state index in [0.717, 1.165) is 5.56 Å². The zero-order valence-electron chi connectivity index (χ0n) is 9.64. The van der Waals surface area contributed by atoms with Crippen molar-refractivity contribution < 1.29 is 9.53 Å². The minimum Gasteiger partial charge on any atom is -0.465 e. The molecule has 0 saturated carbocycles.